The van der Waals surface area contributed by atoms with Crippen LogP contribution in [0.1, 0.15) is 22.3 Å². The second-order valence-corrected chi connectivity index (χ2v) is 4.59. The van der Waals surface area contributed by atoms with E-state index in [1.807, 2.05) is 0 Å². The van der Waals surface area contributed by atoms with Crippen molar-refractivity contribution in [1.29, 1.82) is 0 Å². The number of amides is 1. The molecule has 1 aliphatic heterocycles. The molecule has 0 radical (unpaired) electrons. The van der Waals surface area contributed by atoms with E-state index in [2.05, 4.69) is 0 Å². The largest absolute Gasteiger partial charge is 0.481 e. The molecule has 106 valence electrons. The number of carboxylic acids is 2. The van der Waals surface area contributed by atoms with Gasteiger partial charge in [0.2, 0.25) is 5.91 Å². The van der Waals surface area contributed by atoms with Crippen LogP contribution in [0.3, 0.4) is 0 Å². The van der Waals surface area contributed by atoms with E-state index < -0.39 is 30.3 Å². The van der Waals surface area contributed by atoms with Gasteiger partial charge in [0, 0.05) is 12.2 Å². The average molecular weight is 278 g/mol. The van der Waals surface area contributed by atoms with Crippen LogP contribution < -0.4 is 10.6 Å². The Kier molecular flexibility index (Phi) is 3.71. The van der Waals surface area contributed by atoms with Crippen LogP contribution in [0.25, 0.3) is 0 Å². The first-order valence-electron chi connectivity index (χ1n) is 6.05. The molecule has 1 aliphatic rings. The molecule has 0 aromatic heterocycles. The smallest absolute Gasteiger partial charge is 0.335 e. The van der Waals surface area contributed by atoms with Gasteiger partial charge in [0.15, 0.2) is 0 Å². The molecule has 0 fully saturated rings. The Hall–Kier alpha value is -2.41. The van der Waals surface area contributed by atoms with Crippen molar-refractivity contribution >= 4 is 23.5 Å². The predicted octanol–water partition coefficient (Wildman–Crippen LogP) is 0.0759. The number of aromatic carboxylic acids is 1. The maximum Gasteiger partial charge on any atom is 0.335 e. The van der Waals surface area contributed by atoms with Crippen molar-refractivity contribution in [2.45, 2.75) is 18.9 Å². The maximum atomic E-state index is 12.1. The monoisotopic (exact) mass is 278 g/mol. The number of rotatable bonds is 4. The molecule has 2 rings (SSSR count). The van der Waals surface area contributed by atoms with Gasteiger partial charge in [-0.25, -0.2) is 4.79 Å². The first-order valence-corrected chi connectivity index (χ1v) is 6.05. The van der Waals surface area contributed by atoms with E-state index >= 15 is 0 Å². The molecule has 1 heterocycles. The summed E-state index contributed by atoms with van der Waals surface area (Å²) in [7, 11) is 0. The van der Waals surface area contributed by atoms with Gasteiger partial charge in [-0.3, -0.25) is 9.59 Å². The second-order valence-electron chi connectivity index (χ2n) is 4.59. The third-order valence-electron chi connectivity index (χ3n) is 3.20. The number of hydrogen-bond acceptors (Lipinski definition) is 4. The van der Waals surface area contributed by atoms with Crippen LogP contribution in [0, 0.1) is 0 Å². The summed E-state index contributed by atoms with van der Waals surface area (Å²) < 4.78 is 0. The van der Waals surface area contributed by atoms with Crippen molar-refractivity contribution in [3.8, 4) is 0 Å². The molecule has 1 amide bonds. The number of carbonyl (C=O) groups is 3. The van der Waals surface area contributed by atoms with Crippen molar-refractivity contribution in [2.75, 3.05) is 11.4 Å². The molecule has 0 spiro atoms. The van der Waals surface area contributed by atoms with Crippen molar-refractivity contribution in [2.24, 2.45) is 5.73 Å². The third kappa shape index (κ3) is 2.62. The number of carbonyl (C=O) groups excluding carboxylic acids is 1. The Morgan fingerprint density at radius 3 is 2.60 bits per heavy atom. The Balaban J connectivity index is 2.21. The molecular formula is C13H14N2O5. The van der Waals surface area contributed by atoms with Crippen LogP contribution in [0.4, 0.5) is 5.69 Å². The summed E-state index contributed by atoms with van der Waals surface area (Å²) in [5, 5.41) is 17.6. The van der Waals surface area contributed by atoms with Gasteiger partial charge in [0.05, 0.1) is 18.0 Å². The molecule has 0 bridgehead atoms. The van der Waals surface area contributed by atoms with E-state index in [-0.39, 0.29) is 5.56 Å². The van der Waals surface area contributed by atoms with Crippen LogP contribution in [0.2, 0.25) is 0 Å². The fourth-order valence-corrected chi connectivity index (χ4v) is 2.24. The summed E-state index contributed by atoms with van der Waals surface area (Å²) >= 11 is 0. The quantitative estimate of drug-likeness (QED) is 0.717. The Labute approximate surface area is 114 Å². The van der Waals surface area contributed by atoms with Gasteiger partial charge in [-0.05, 0) is 30.2 Å². The van der Waals surface area contributed by atoms with Gasteiger partial charge in [-0.2, -0.15) is 0 Å². The standard InChI is InChI=1S/C13H14N2O5/c14-9(6-11(16)17)12(18)15-4-3-7-5-8(13(19)20)1-2-10(7)15/h1-2,5,9H,3-4,6,14H2,(H,16,17)(H,19,20). The normalized spacial score (nSPS) is 14.8. The van der Waals surface area contributed by atoms with Gasteiger partial charge in [-0.1, -0.05) is 0 Å². The SMILES string of the molecule is NC(CC(=O)O)C(=O)N1CCc2cc(C(=O)O)ccc21. The minimum Gasteiger partial charge on any atom is -0.481 e. The first kappa shape index (κ1) is 14.0. The molecule has 1 aromatic carbocycles. The zero-order valence-electron chi connectivity index (χ0n) is 10.6. The van der Waals surface area contributed by atoms with Crippen LogP contribution in [-0.2, 0) is 16.0 Å². The highest BCUT2D eigenvalue weighted by atomic mass is 16.4. The molecule has 1 unspecified atom stereocenters. The van der Waals surface area contributed by atoms with E-state index in [1.165, 1.54) is 17.0 Å². The molecule has 7 heteroatoms. The maximum absolute atomic E-state index is 12.1. The minimum absolute atomic E-state index is 0.160. The molecule has 0 saturated carbocycles. The van der Waals surface area contributed by atoms with E-state index in [0.29, 0.717) is 18.7 Å². The summed E-state index contributed by atoms with van der Waals surface area (Å²) in [6, 6.07) is 3.39. The first-order chi connectivity index (χ1) is 9.40. The van der Waals surface area contributed by atoms with Gasteiger partial charge in [0.25, 0.3) is 0 Å². The number of nitrogens with zero attached hydrogens (tertiary/aromatic N) is 1. The van der Waals surface area contributed by atoms with Crippen LogP contribution in [0.15, 0.2) is 18.2 Å². The van der Waals surface area contributed by atoms with Crippen LogP contribution in [0.5, 0.6) is 0 Å². The highest BCUT2D eigenvalue weighted by molar-refractivity contribution is 6.01. The number of fused-ring (bicyclic) bond motifs is 1. The van der Waals surface area contributed by atoms with Gasteiger partial charge >= 0.3 is 11.9 Å². The molecular weight excluding hydrogens is 264 g/mol. The number of benzene rings is 1. The summed E-state index contributed by atoms with van der Waals surface area (Å²) in [4.78, 5) is 35.0. The lowest BCUT2D eigenvalue weighted by Gasteiger charge is -2.20. The van der Waals surface area contributed by atoms with Crippen molar-refractivity contribution in [1.82, 2.24) is 0 Å². The number of aliphatic carboxylic acids is 1. The highest BCUT2D eigenvalue weighted by Crippen LogP contribution is 2.29. The molecule has 1 aromatic rings. The highest BCUT2D eigenvalue weighted by Gasteiger charge is 2.29. The van der Waals surface area contributed by atoms with Crippen LogP contribution in [-0.4, -0.2) is 40.6 Å². The third-order valence-corrected chi connectivity index (χ3v) is 3.20. The summed E-state index contributed by atoms with van der Waals surface area (Å²) in [5.41, 5.74) is 7.08. The zero-order chi connectivity index (χ0) is 14.9. The average Bonchev–Trinajstić information content (AvgIpc) is 2.79. The predicted molar refractivity (Wildman–Crippen MR) is 69.7 cm³/mol. The Morgan fingerprint density at radius 1 is 1.30 bits per heavy atom. The van der Waals surface area contributed by atoms with Crippen LogP contribution >= 0.6 is 0 Å². The van der Waals surface area contributed by atoms with Crippen molar-refractivity contribution in [3.63, 3.8) is 0 Å². The molecule has 0 saturated heterocycles. The zero-order valence-corrected chi connectivity index (χ0v) is 10.6. The topological polar surface area (TPSA) is 121 Å². The van der Waals surface area contributed by atoms with Gasteiger partial charge in [0.1, 0.15) is 0 Å². The minimum atomic E-state index is -1.13. The Morgan fingerprint density at radius 2 is 2.00 bits per heavy atom. The number of anilines is 1. The molecule has 0 aliphatic carbocycles. The van der Waals surface area contributed by atoms with Crippen molar-refractivity contribution in [3.05, 3.63) is 29.3 Å². The molecule has 1 atom stereocenters. The summed E-state index contributed by atoms with van der Waals surface area (Å²) in [5.74, 6) is -2.62. The van der Waals surface area contributed by atoms with Gasteiger partial charge < -0.3 is 20.8 Å². The summed E-state index contributed by atoms with van der Waals surface area (Å²) in [6.07, 6.45) is 0.0971. The fourth-order valence-electron chi connectivity index (χ4n) is 2.24. The lowest BCUT2D eigenvalue weighted by Crippen LogP contribution is -2.44. The fraction of sp³-hybridized carbons (Fsp3) is 0.308. The number of carboxylic acid groups (broad SMARTS) is 2. The second kappa shape index (κ2) is 5.30. The Bertz CT molecular complexity index is 584. The van der Waals surface area contributed by atoms with E-state index in [4.69, 9.17) is 15.9 Å². The van der Waals surface area contributed by atoms with E-state index in [9.17, 15) is 14.4 Å². The molecule has 4 N–H and O–H groups in total. The van der Waals surface area contributed by atoms with E-state index in [1.54, 1.807) is 6.07 Å². The lowest BCUT2D eigenvalue weighted by atomic mass is 10.1. The van der Waals surface area contributed by atoms with Gasteiger partial charge in [-0.15, -0.1) is 0 Å². The molecule has 7 nitrogen and oxygen atoms in total. The number of nitrogens with two attached hydrogens (primary N) is 1. The van der Waals surface area contributed by atoms with E-state index in [0.717, 1.165) is 5.56 Å². The lowest BCUT2D eigenvalue weighted by molar-refractivity contribution is -0.139. The summed E-state index contributed by atoms with van der Waals surface area (Å²) in [6.45, 7) is 0.380. The van der Waals surface area contributed by atoms with Crippen molar-refractivity contribution < 1.29 is 24.6 Å². The molecule has 20 heavy (non-hydrogen) atoms. The number of hydrogen-bond donors (Lipinski definition) is 3.